The summed E-state index contributed by atoms with van der Waals surface area (Å²) in [6, 6.07) is 15.0. The predicted octanol–water partition coefficient (Wildman–Crippen LogP) is 3.19. The van der Waals surface area contributed by atoms with E-state index in [0.29, 0.717) is 12.1 Å². The molecule has 0 aliphatic carbocycles. The summed E-state index contributed by atoms with van der Waals surface area (Å²) in [5.41, 5.74) is 2.52. The van der Waals surface area contributed by atoms with Crippen molar-refractivity contribution in [3.63, 3.8) is 0 Å². The molecule has 0 atom stereocenters. The van der Waals surface area contributed by atoms with Gasteiger partial charge in [0.25, 0.3) is 0 Å². The van der Waals surface area contributed by atoms with Crippen molar-refractivity contribution in [1.29, 1.82) is 0 Å². The minimum atomic E-state index is 0.107. The monoisotopic (exact) mass is 296 g/mol. The van der Waals surface area contributed by atoms with Crippen molar-refractivity contribution in [1.82, 2.24) is 4.90 Å². The van der Waals surface area contributed by atoms with Gasteiger partial charge in [0.15, 0.2) is 5.78 Å². The minimum absolute atomic E-state index is 0.107. The van der Waals surface area contributed by atoms with Gasteiger partial charge in [-0.25, -0.2) is 0 Å². The number of carbonyl (C=O) groups excluding carboxylic acids is 1. The number of hydrogen-bond acceptors (Lipinski definition) is 4. The number of nitrogens with zero attached hydrogens (tertiary/aromatic N) is 2. The fraction of sp³-hybridized carbons (Fsp3) is 0.222. The molecule has 0 fully saturated rings. The van der Waals surface area contributed by atoms with Crippen LogP contribution in [0.1, 0.15) is 15.9 Å². The first-order valence-corrected chi connectivity index (χ1v) is 7.04. The van der Waals surface area contributed by atoms with E-state index in [-0.39, 0.29) is 5.78 Å². The van der Waals surface area contributed by atoms with Gasteiger partial charge in [0.2, 0.25) is 0 Å². The van der Waals surface area contributed by atoms with Crippen LogP contribution in [0, 0.1) is 0 Å². The standard InChI is InChI=1S/C18H20N2O2/c1-20(2)13-18(21)15-6-8-16(9-7-15)19-12-14-4-10-17(22-3)11-5-14/h4-12H,13H2,1-3H3. The van der Waals surface area contributed by atoms with Gasteiger partial charge in [0.05, 0.1) is 19.3 Å². The lowest BCUT2D eigenvalue weighted by Crippen LogP contribution is -2.21. The summed E-state index contributed by atoms with van der Waals surface area (Å²) in [5, 5.41) is 0. The van der Waals surface area contributed by atoms with Gasteiger partial charge in [-0.05, 0) is 68.2 Å². The summed E-state index contributed by atoms with van der Waals surface area (Å²) in [4.78, 5) is 18.2. The van der Waals surface area contributed by atoms with Crippen molar-refractivity contribution in [3.8, 4) is 5.75 Å². The highest BCUT2D eigenvalue weighted by Gasteiger charge is 2.06. The van der Waals surface area contributed by atoms with Crippen LogP contribution < -0.4 is 4.74 Å². The van der Waals surface area contributed by atoms with E-state index in [0.717, 1.165) is 17.0 Å². The molecule has 0 aromatic heterocycles. The molecule has 0 N–H and O–H groups in total. The summed E-state index contributed by atoms with van der Waals surface area (Å²) in [6.07, 6.45) is 1.79. The van der Waals surface area contributed by atoms with Gasteiger partial charge in [-0.1, -0.05) is 0 Å². The minimum Gasteiger partial charge on any atom is -0.497 e. The van der Waals surface area contributed by atoms with Crippen LogP contribution in [0.2, 0.25) is 0 Å². The summed E-state index contributed by atoms with van der Waals surface area (Å²) in [5.74, 6) is 0.927. The van der Waals surface area contributed by atoms with Crippen molar-refractivity contribution in [2.24, 2.45) is 4.99 Å². The highest BCUT2D eigenvalue weighted by atomic mass is 16.5. The molecule has 0 radical (unpaired) electrons. The van der Waals surface area contributed by atoms with Gasteiger partial charge >= 0.3 is 0 Å². The fourth-order valence-corrected chi connectivity index (χ4v) is 1.95. The highest BCUT2D eigenvalue weighted by Crippen LogP contribution is 2.15. The topological polar surface area (TPSA) is 41.9 Å². The van der Waals surface area contributed by atoms with E-state index >= 15 is 0 Å². The number of methoxy groups -OCH3 is 1. The first kappa shape index (κ1) is 15.9. The second kappa shape index (κ2) is 7.52. The van der Waals surface area contributed by atoms with Crippen LogP contribution in [-0.4, -0.2) is 44.6 Å². The molecule has 0 bridgehead atoms. The molecule has 22 heavy (non-hydrogen) atoms. The zero-order valence-electron chi connectivity index (χ0n) is 13.1. The van der Waals surface area contributed by atoms with Crippen molar-refractivity contribution < 1.29 is 9.53 Å². The Bertz CT molecular complexity index is 644. The molecule has 0 aliphatic rings. The Morgan fingerprint density at radius 3 is 2.27 bits per heavy atom. The number of hydrogen-bond donors (Lipinski definition) is 0. The summed E-state index contributed by atoms with van der Waals surface area (Å²) in [6.45, 7) is 0.411. The number of ether oxygens (including phenoxy) is 1. The van der Waals surface area contributed by atoms with Crippen LogP contribution in [0.15, 0.2) is 53.5 Å². The number of rotatable bonds is 6. The van der Waals surface area contributed by atoms with E-state index in [1.807, 2.05) is 67.5 Å². The Morgan fingerprint density at radius 1 is 1.09 bits per heavy atom. The van der Waals surface area contributed by atoms with Gasteiger partial charge in [-0.3, -0.25) is 9.79 Å². The van der Waals surface area contributed by atoms with E-state index in [1.54, 1.807) is 13.3 Å². The zero-order valence-corrected chi connectivity index (χ0v) is 13.1. The SMILES string of the molecule is COc1ccc(C=Nc2ccc(C(=O)CN(C)C)cc2)cc1. The third kappa shape index (κ3) is 4.53. The lowest BCUT2D eigenvalue weighted by atomic mass is 10.1. The molecule has 2 aromatic rings. The van der Waals surface area contributed by atoms with Crippen LogP contribution >= 0.6 is 0 Å². The van der Waals surface area contributed by atoms with Crippen LogP contribution in [-0.2, 0) is 0 Å². The maximum Gasteiger partial charge on any atom is 0.176 e. The van der Waals surface area contributed by atoms with Gasteiger partial charge in [0, 0.05) is 11.8 Å². The van der Waals surface area contributed by atoms with E-state index in [9.17, 15) is 4.79 Å². The molecule has 0 saturated heterocycles. The zero-order chi connectivity index (χ0) is 15.9. The largest absolute Gasteiger partial charge is 0.497 e. The maximum atomic E-state index is 11.9. The van der Waals surface area contributed by atoms with E-state index in [4.69, 9.17) is 4.74 Å². The molecule has 2 rings (SSSR count). The average Bonchev–Trinajstić information content (AvgIpc) is 2.53. The first-order chi connectivity index (χ1) is 10.6. The Kier molecular flexibility index (Phi) is 5.44. The van der Waals surface area contributed by atoms with Gasteiger partial charge in [-0.15, -0.1) is 0 Å². The second-order valence-electron chi connectivity index (χ2n) is 5.24. The Balaban J connectivity index is 2.03. The average molecular weight is 296 g/mol. The van der Waals surface area contributed by atoms with Crippen LogP contribution in [0.4, 0.5) is 5.69 Å². The van der Waals surface area contributed by atoms with Crippen LogP contribution in [0.5, 0.6) is 5.75 Å². The number of aliphatic imine (C=N–C) groups is 1. The Morgan fingerprint density at radius 2 is 1.73 bits per heavy atom. The molecule has 4 nitrogen and oxygen atoms in total. The molecule has 0 saturated carbocycles. The predicted molar refractivity (Wildman–Crippen MR) is 89.6 cm³/mol. The number of Topliss-reactive ketones (excluding diaryl/α,β-unsaturated/α-hetero) is 1. The molecule has 0 spiro atoms. The molecule has 2 aromatic carbocycles. The van der Waals surface area contributed by atoms with E-state index < -0.39 is 0 Å². The Hall–Kier alpha value is -2.46. The molecule has 0 heterocycles. The van der Waals surface area contributed by atoms with Gasteiger partial charge in [-0.2, -0.15) is 0 Å². The summed E-state index contributed by atoms with van der Waals surface area (Å²) < 4.78 is 5.12. The first-order valence-electron chi connectivity index (χ1n) is 7.04. The molecule has 0 amide bonds. The molecule has 114 valence electrons. The van der Waals surface area contributed by atoms with E-state index in [1.165, 1.54) is 0 Å². The van der Waals surface area contributed by atoms with Crippen molar-refractivity contribution >= 4 is 17.7 Å². The van der Waals surface area contributed by atoms with Crippen molar-refractivity contribution in [2.75, 3.05) is 27.7 Å². The normalized spacial score (nSPS) is 11.1. The van der Waals surface area contributed by atoms with Crippen molar-refractivity contribution in [3.05, 3.63) is 59.7 Å². The molecular formula is C18H20N2O2. The fourth-order valence-electron chi connectivity index (χ4n) is 1.95. The smallest absolute Gasteiger partial charge is 0.176 e. The molecule has 0 aliphatic heterocycles. The highest BCUT2D eigenvalue weighted by molar-refractivity contribution is 5.97. The molecular weight excluding hydrogens is 276 g/mol. The van der Waals surface area contributed by atoms with Crippen LogP contribution in [0.3, 0.4) is 0 Å². The van der Waals surface area contributed by atoms with Crippen LogP contribution in [0.25, 0.3) is 0 Å². The molecule has 4 heteroatoms. The third-order valence-corrected chi connectivity index (χ3v) is 3.13. The lowest BCUT2D eigenvalue weighted by molar-refractivity contribution is 0.0958. The number of ketones is 1. The van der Waals surface area contributed by atoms with Gasteiger partial charge in [0.1, 0.15) is 5.75 Å². The van der Waals surface area contributed by atoms with Gasteiger partial charge < -0.3 is 9.64 Å². The van der Waals surface area contributed by atoms with E-state index in [2.05, 4.69) is 4.99 Å². The molecule has 0 unspecified atom stereocenters. The Labute approximate surface area is 131 Å². The summed E-state index contributed by atoms with van der Waals surface area (Å²) >= 11 is 0. The number of likely N-dealkylation sites (N-methyl/N-ethyl adjacent to an activating group) is 1. The number of benzene rings is 2. The third-order valence-electron chi connectivity index (χ3n) is 3.13. The second-order valence-corrected chi connectivity index (χ2v) is 5.24. The maximum absolute atomic E-state index is 11.9. The summed E-state index contributed by atoms with van der Waals surface area (Å²) in [7, 11) is 5.40. The lowest BCUT2D eigenvalue weighted by Gasteiger charge is -2.08. The number of carbonyl (C=O) groups is 1. The van der Waals surface area contributed by atoms with Crippen molar-refractivity contribution in [2.45, 2.75) is 0 Å². The quantitative estimate of drug-likeness (QED) is 0.607.